The molecule has 140 valence electrons. The number of carbonyl (C=O) groups is 1. The maximum absolute atomic E-state index is 13.3. The number of furan rings is 1. The topological polar surface area (TPSA) is 67.6 Å². The van der Waals surface area contributed by atoms with Crippen molar-refractivity contribution < 1.29 is 17.6 Å². The second-order valence-corrected chi connectivity index (χ2v) is 8.57. The first-order valence-electron chi connectivity index (χ1n) is 8.47. The van der Waals surface area contributed by atoms with E-state index in [0.717, 1.165) is 11.8 Å². The van der Waals surface area contributed by atoms with Crippen LogP contribution in [0.2, 0.25) is 0 Å². The molecule has 0 atom stereocenters. The highest BCUT2D eigenvalue weighted by Crippen LogP contribution is 2.24. The molecule has 3 aromatic rings. The first-order valence-corrected chi connectivity index (χ1v) is 10.4. The smallest absolute Gasteiger partial charge is 0.259 e. The van der Waals surface area contributed by atoms with E-state index in [1.54, 1.807) is 36.3 Å². The number of rotatable bonds is 5. The standard InChI is InChI=1S/C21H21NO4S/c1-15-6-9-17(10-7-15)22(14-18-5-4-12-26-18)21(23)20-13-19(27(3,24)25)11-8-16(20)2/h4-13H,14H2,1-3H3. The molecular formula is C21H21NO4S. The molecule has 0 unspecified atom stereocenters. The van der Waals surface area contributed by atoms with Crippen LogP contribution in [0.3, 0.4) is 0 Å². The maximum Gasteiger partial charge on any atom is 0.259 e. The Morgan fingerprint density at radius 3 is 2.33 bits per heavy atom. The molecule has 6 heteroatoms. The number of amides is 1. The SMILES string of the molecule is Cc1ccc(N(Cc2ccco2)C(=O)c2cc(S(C)(=O)=O)ccc2C)cc1. The van der Waals surface area contributed by atoms with Crippen molar-refractivity contribution in [3.63, 3.8) is 0 Å². The lowest BCUT2D eigenvalue weighted by molar-refractivity contribution is 0.0982. The van der Waals surface area contributed by atoms with Gasteiger partial charge in [0.2, 0.25) is 0 Å². The Bertz CT molecular complexity index is 1050. The number of nitrogens with zero attached hydrogens (tertiary/aromatic N) is 1. The van der Waals surface area contributed by atoms with E-state index >= 15 is 0 Å². The highest BCUT2D eigenvalue weighted by molar-refractivity contribution is 7.90. The van der Waals surface area contributed by atoms with Gasteiger partial charge in [-0.05, 0) is 55.8 Å². The lowest BCUT2D eigenvalue weighted by Crippen LogP contribution is -2.31. The van der Waals surface area contributed by atoms with Crippen molar-refractivity contribution in [1.82, 2.24) is 0 Å². The van der Waals surface area contributed by atoms with E-state index in [9.17, 15) is 13.2 Å². The van der Waals surface area contributed by atoms with Crippen LogP contribution < -0.4 is 4.90 Å². The number of anilines is 1. The van der Waals surface area contributed by atoms with Crippen molar-refractivity contribution in [1.29, 1.82) is 0 Å². The summed E-state index contributed by atoms with van der Waals surface area (Å²) in [4.78, 5) is 15.1. The summed E-state index contributed by atoms with van der Waals surface area (Å²) < 4.78 is 29.2. The minimum atomic E-state index is -3.41. The number of carbonyl (C=O) groups excluding carboxylic acids is 1. The Balaban J connectivity index is 2.06. The molecule has 0 radical (unpaired) electrons. The molecule has 0 fully saturated rings. The van der Waals surface area contributed by atoms with Gasteiger partial charge in [-0.2, -0.15) is 0 Å². The highest BCUT2D eigenvalue weighted by Gasteiger charge is 2.22. The Morgan fingerprint density at radius 1 is 1.04 bits per heavy atom. The van der Waals surface area contributed by atoms with Crippen LogP contribution in [0.15, 0.2) is 70.2 Å². The molecule has 1 aromatic heterocycles. The molecule has 0 bridgehead atoms. The second-order valence-electron chi connectivity index (χ2n) is 6.56. The lowest BCUT2D eigenvalue weighted by atomic mass is 10.1. The molecule has 27 heavy (non-hydrogen) atoms. The molecule has 5 nitrogen and oxygen atoms in total. The number of hydrogen-bond acceptors (Lipinski definition) is 4. The molecule has 0 saturated heterocycles. The number of hydrogen-bond donors (Lipinski definition) is 0. The third kappa shape index (κ3) is 4.28. The summed E-state index contributed by atoms with van der Waals surface area (Å²) in [6.07, 6.45) is 2.69. The van der Waals surface area contributed by atoms with Gasteiger partial charge in [0, 0.05) is 17.5 Å². The third-order valence-electron chi connectivity index (χ3n) is 4.35. The van der Waals surface area contributed by atoms with Crippen molar-refractivity contribution in [3.05, 3.63) is 83.3 Å². The van der Waals surface area contributed by atoms with Gasteiger partial charge in [-0.25, -0.2) is 8.42 Å². The van der Waals surface area contributed by atoms with Gasteiger partial charge in [0.25, 0.3) is 5.91 Å². The van der Waals surface area contributed by atoms with Crippen LogP contribution in [-0.4, -0.2) is 20.6 Å². The van der Waals surface area contributed by atoms with Crippen molar-refractivity contribution in [3.8, 4) is 0 Å². The highest BCUT2D eigenvalue weighted by atomic mass is 32.2. The van der Waals surface area contributed by atoms with Crippen LogP contribution in [0.25, 0.3) is 0 Å². The molecule has 2 aromatic carbocycles. The number of sulfone groups is 1. The van der Waals surface area contributed by atoms with E-state index in [2.05, 4.69) is 0 Å². The van der Waals surface area contributed by atoms with Crippen molar-refractivity contribution >= 4 is 21.4 Å². The molecule has 0 saturated carbocycles. The number of aryl methyl sites for hydroxylation is 2. The third-order valence-corrected chi connectivity index (χ3v) is 5.46. The quantitative estimate of drug-likeness (QED) is 0.664. The molecule has 0 spiro atoms. The predicted octanol–water partition coefficient (Wildman–Crippen LogP) is 4.15. The molecule has 0 aliphatic carbocycles. The lowest BCUT2D eigenvalue weighted by Gasteiger charge is -2.23. The fraction of sp³-hybridized carbons (Fsp3) is 0.190. The van der Waals surface area contributed by atoms with Gasteiger partial charge in [0.15, 0.2) is 9.84 Å². The zero-order chi connectivity index (χ0) is 19.6. The molecule has 1 amide bonds. The molecular weight excluding hydrogens is 362 g/mol. The Kier molecular flexibility index (Phi) is 5.19. The Hall–Kier alpha value is -2.86. The van der Waals surface area contributed by atoms with Gasteiger partial charge in [0.05, 0.1) is 17.7 Å². The van der Waals surface area contributed by atoms with Gasteiger partial charge in [-0.3, -0.25) is 4.79 Å². The minimum absolute atomic E-state index is 0.123. The largest absolute Gasteiger partial charge is 0.467 e. The Morgan fingerprint density at radius 2 is 1.74 bits per heavy atom. The average molecular weight is 383 g/mol. The van der Waals surface area contributed by atoms with Gasteiger partial charge < -0.3 is 9.32 Å². The van der Waals surface area contributed by atoms with Crippen molar-refractivity contribution in [2.24, 2.45) is 0 Å². The maximum atomic E-state index is 13.3. The fourth-order valence-electron chi connectivity index (χ4n) is 2.77. The number of benzene rings is 2. The van der Waals surface area contributed by atoms with E-state index in [1.165, 1.54) is 12.1 Å². The molecule has 0 aliphatic rings. The Labute approximate surface area is 159 Å². The zero-order valence-corrected chi connectivity index (χ0v) is 16.3. The zero-order valence-electron chi connectivity index (χ0n) is 15.5. The summed E-state index contributed by atoms with van der Waals surface area (Å²) in [6.45, 7) is 4.01. The summed E-state index contributed by atoms with van der Waals surface area (Å²) in [5.74, 6) is 0.360. The summed E-state index contributed by atoms with van der Waals surface area (Å²) in [5.41, 5.74) is 2.86. The predicted molar refractivity (Wildman–Crippen MR) is 105 cm³/mol. The van der Waals surface area contributed by atoms with Gasteiger partial charge in [0.1, 0.15) is 5.76 Å². The molecule has 3 rings (SSSR count). The summed E-state index contributed by atoms with van der Waals surface area (Å²) in [5, 5.41) is 0. The van der Waals surface area contributed by atoms with E-state index in [-0.39, 0.29) is 17.3 Å². The van der Waals surface area contributed by atoms with Gasteiger partial charge >= 0.3 is 0 Å². The summed E-state index contributed by atoms with van der Waals surface area (Å²) >= 11 is 0. The summed E-state index contributed by atoms with van der Waals surface area (Å²) in [6, 6.07) is 15.8. The monoisotopic (exact) mass is 383 g/mol. The normalized spacial score (nSPS) is 11.4. The molecule has 1 heterocycles. The van der Waals surface area contributed by atoms with E-state index in [0.29, 0.717) is 22.6 Å². The molecule has 0 aliphatic heterocycles. The minimum Gasteiger partial charge on any atom is -0.467 e. The van der Waals surface area contributed by atoms with Crippen LogP contribution >= 0.6 is 0 Å². The van der Waals surface area contributed by atoms with E-state index < -0.39 is 9.84 Å². The summed E-state index contributed by atoms with van der Waals surface area (Å²) in [7, 11) is -3.41. The first kappa shape index (κ1) is 18.9. The second kappa shape index (κ2) is 7.40. The fourth-order valence-corrected chi connectivity index (χ4v) is 3.42. The van der Waals surface area contributed by atoms with Gasteiger partial charge in [-0.1, -0.05) is 23.8 Å². The van der Waals surface area contributed by atoms with Crippen molar-refractivity contribution in [2.75, 3.05) is 11.2 Å². The van der Waals surface area contributed by atoms with E-state index in [1.807, 2.05) is 31.2 Å². The molecule has 0 N–H and O–H groups in total. The average Bonchev–Trinajstić information content (AvgIpc) is 3.13. The van der Waals surface area contributed by atoms with Crippen LogP contribution in [0, 0.1) is 13.8 Å². The van der Waals surface area contributed by atoms with Crippen LogP contribution in [0.4, 0.5) is 5.69 Å². The van der Waals surface area contributed by atoms with Crippen molar-refractivity contribution in [2.45, 2.75) is 25.3 Å². The van der Waals surface area contributed by atoms with Crippen LogP contribution in [0.5, 0.6) is 0 Å². The van der Waals surface area contributed by atoms with Crippen LogP contribution in [-0.2, 0) is 16.4 Å². The van der Waals surface area contributed by atoms with Crippen LogP contribution in [0.1, 0.15) is 27.2 Å². The van der Waals surface area contributed by atoms with Gasteiger partial charge in [-0.15, -0.1) is 0 Å². The van der Waals surface area contributed by atoms with E-state index in [4.69, 9.17) is 4.42 Å². The first-order chi connectivity index (χ1) is 12.8.